The number of nitrogens with zero attached hydrogens (tertiary/aromatic N) is 3. The lowest BCUT2D eigenvalue weighted by atomic mass is 10.1. The predicted molar refractivity (Wildman–Crippen MR) is 65.6 cm³/mol. The molecule has 0 bridgehead atoms. The number of aryl methyl sites for hydroxylation is 2. The second kappa shape index (κ2) is 4.71. The zero-order valence-electron chi connectivity index (χ0n) is 10.7. The highest BCUT2D eigenvalue weighted by Gasteiger charge is 2.16. The zero-order chi connectivity index (χ0) is 12.4. The molecule has 0 amide bonds. The smallest absolute Gasteiger partial charge is 0.170 e. The van der Waals surface area contributed by atoms with Crippen molar-refractivity contribution in [3.8, 4) is 11.3 Å². The van der Waals surface area contributed by atoms with Crippen molar-refractivity contribution >= 4 is 0 Å². The van der Waals surface area contributed by atoms with Crippen LogP contribution in [-0.4, -0.2) is 21.5 Å². The van der Waals surface area contributed by atoms with Crippen LogP contribution in [0.1, 0.15) is 24.0 Å². The van der Waals surface area contributed by atoms with E-state index in [9.17, 15) is 0 Å². The van der Waals surface area contributed by atoms with Crippen LogP contribution in [0.25, 0.3) is 11.3 Å². The lowest BCUT2D eigenvalue weighted by molar-refractivity contribution is 0.420. The molecule has 0 aliphatic carbocycles. The molecule has 2 rings (SSSR count). The molecule has 17 heavy (non-hydrogen) atoms. The molecule has 5 heteroatoms. The van der Waals surface area contributed by atoms with Crippen LogP contribution in [0.2, 0.25) is 0 Å². The van der Waals surface area contributed by atoms with Crippen LogP contribution in [0.3, 0.4) is 0 Å². The van der Waals surface area contributed by atoms with Crippen LogP contribution in [0.5, 0.6) is 0 Å². The van der Waals surface area contributed by atoms with Gasteiger partial charge in [-0.15, -0.1) is 0 Å². The van der Waals surface area contributed by atoms with Gasteiger partial charge in [0.15, 0.2) is 5.76 Å². The first kappa shape index (κ1) is 11.9. The molecule has 0 aliphatic heterocycles. The van der Waals surface area contributed by atoms with Gasteiger partial charge in [0.05, 0.1) is 17.0 Å². The molecule has 92 valence electrons. The largest absolute Gasteiger partial charge is 0.356 e. The molecule has 0 aromatic carbocycles. The lowest BCUT2D eigenvalue weighted by Gasteiger charge is -1.95. The van der Waals surface area contributed by atoms with E-state index in [1.807, 2.05) is 31.6 Å². The standard InChI is InChI=1S/C12H18N4O/c1-5-13-7-10-6-11(17-15-10)12-8(2)14-16(4)9(12)3/h6,13H,5,7H2,1-4H3. The molecule has 2 heterocycles. The number of hydrogen-bond acceptors (Lipinski definition) is 4. The van der Waals surface area contributed by atoms with Crippen molar-refractivity contribution in [3.05, 3.63) is 23.1 Å². The summed E-state index contributed by atoms with van der Waals surface area (Å²) in [4.78, 5) is 0. The van der Waals surface area contributed by atoms with Gasteiger partial charge in [-0.2, -0.15) is 5.10 Å². The third-order valence-electron chi connectivity index (χ3n) is 2.87. The van der Waals surface area contributed by atoms with Gasteiger partial charge >= 0.3 is 0 Å². The van der Waals surface area contributed by atoms with E-state index in [4.69, 9.17) is 4.52 Å². The maximum atomic E-state index is 5.38. The molecule has 0 aliphatic rings. The highest BCUT2D eigenvalue weighted by Crippen LogP contribution is 2.26. The first-order valence-electron chi connectivity index (χ1n) is 5.80. The lowest BCUT2D eigenvalue weighted by Crippen LogP contribution is -2.11. The van der Waals surface area contributed by atoms with Gasteiger partial charge in [0.1, 0.15) is 0 Å². The van der Waals surface area contributed by atoms with Crippen LogP contribution >= 0.6 is 0 Å². The Bertz CT molecular complexity index is 513. The molecule has 2 aromatic heterocycles. The Morgan fingerprint density at radius 3 is 2.76 bits per heavy atom. The highest BCUT2D eigenvalue weighted by atomic mass is 16.5. The van der Waals surface area contributed by atoms with Gasteiger partial charge in [0, 0.05) is 25.4 Å². The molecule has 0 spiro atoms. The summed E-state index contributed by atoms with van der Waals surface area (Å²) in [6.07, 6.45) is 0. The first-order valence-corrected chi connectivity index (χ1v) is 5.80. The van der Waals surface area contributed by atoms with Crippen molar-refractivity contribution < 1.29 is 4.52 Å². The third-order valence-corrected chi connectivity index (χ3v) is 2.87. The summed E-state index contributed by atoms with van der Waals surface area (Å²) in [5.41, 5.74) is 4.03. The van der Waals surface area contributed by atoms with Gasteiger partial charge in [-0.1, -0.05) is 12.1 Å². The van der Waals surface area contributed by atoms with E-state index in [1.54, 1.807) is 0 Å². The minimum Gasteiger partial charge on any atom is -0.356 e. The van der Waals surface area contributed by atoms with Crippen molar-refractivity contribution in [3.63, 3.8) is 0 Å². The fraction of sp³-hybridized carbons (Fsp3) is 0.500. The van der Waals surface area contributed by atoms with Crippen LogP contribution in [0.4, 0.5) is 0 Å². The fourth-order valence-corrected chi connectivity index (χ4v) is 1.90. The molecule has 1 N–H and O–H groups in total. The van der Waals surface area contributed by atoms with Crippen LogP contribution in [0.15, 0.2) is 10.6 Å². The Labute approximate surface area is 101 Å². The summed E-state index contributed by atoms with van der Waals surface area (Å²) >= 11 is 0. The van der Waals surface area contributed by atoms with E-state index in [2.05, 4.69) is 22.5 Å². The van der Waals surface area contributed by atoms with E-state index in [0.717, 1.165) is 41.5 Å². The normalized spacial score (nSPS) is 11.1. The SMILES string of the molecule is CCNCc1cc(-c2c(C)nn(C)c2C)on1. The molecule has 0 fully saturated rings. The Kier molecular flexibility index (Phi) is 3.28. The van der Waals surface area contributed by atoms with Crippen LogP contribution in [-0.2, 0) is 13.6 Å². The molecular formula is C12H18N4O. The first-order chi connectivity index (χ1) is 8.13. The number of nitrogens with one attached hydrogen (secondary N) is 1. The summed E-state index contributed by atoms with van der Waals surface area (Å²) in [5.74, 6) is 0.793. The summed E-state index contributed by atoms with van der Waals surface area (Å²) < 4.78 is 7.24. The van der Waals surface area contributed by atoms with Gasteiger partial charge in [0.25, 0.3) is 0 Å². The van der Waals surface area contributed by atoms with Crippen LogP contribution in [0, 0.1) is 13.8 Å². The van der Waals surface area contributed by atoms with Gasteiger partial charge < -0.3 is 9.84 Å². The maximum absolute atomic E-state index is 5.38. The quantitative estimate of drug-likeness (QED) is 0.876. The van der Waals surface area contributed by atoms with E-state index in [1.165, 1.54) is 0 Å². The fourth-order valence-electron chi connectivity index (χ4n) is 1.90. The van der Waals surface area contributed by atoms with E-state index < -0.39 is 0 Å². The van der Waals surface area contributed by atoms with Crippen molar-refractivity contribution in [1.29, 1.82) is 0 Å². The molecule has 0 atom stereocenters. The number of hydrogen-bond donors (Lipinski definition) is 1. The zero-order valence-corrected chi connectivity index (χ0v) is 10.7. The summed E-state index contributed by atoms with van der Waals surface area (Å²) in [7, 11) is 1.93. The Hall–Kier alpha value is -1.62. The summed E-state index contributed by atoms with van der Waals surface area (Å²) in [6, 6.07) is 1.97. The minimum absolute atomic E-state index is 0.734. The van der Waals surface area contributed by atoms with Crippen molar-refractivity contribution in [2.75, 3.05) is 6.54 Å². The van der Waals surface area contributed by atoms with E-state index in [-0.39, 0.29) is 0 Å². The monoisotopic (exact) mass is 234 g/mol. The van der Waals surface area contributed by atoms with Crippen molar-refractivity contribution in [1.82, 2.24) is 20.3 Å². The second-order valence-electron chi connectivity index (χ2n) is 4.13. The molecule has 0 radical (unpaired) electrons. The maximum Gasteiger partial charge on any atom is 0.170 e. The topological polar surface area (TPSA) is 55.9 Å². The molecular weight excluding hydrogens is 216 g/mol. The van der Waals surface area contributed by atoms with E-state index >= 15 is 0 Å². The molecule has 0 saturated carbocycles. The van der Waals surface area contributed by atoms with Gasteiger partial charge in [0.2, 0.25) is 0 Å². The van der Waals surface area contributed by atoms with Gasteiger partial charge in [-0.3, -0.25) is 4.68 Å². The number of aromatic nitrogens is 3. The third kappa shape index (κ3) is 2.24. The Balaban J connectivity index is 2.30. The van der Waals surface area contributed by atoms with Crippen molar-refractivity contribution in [2.45, 2.75) is 27.3 Å². The average molecular weight is 234 g/mol. The minimum atomic E-state index is 0.734. The van der Waals surface area contributed by atoms with Gasteiger partial charge in [-0.25, -0.2) is 0 Å². The summed E-state index contributed by atoms with van der Waals surface area (Å²) in [6.45, 7) is 7.73. The Morgan fingerprint density at radius 2 is 2.18 bits per heavy atom. The second-order valence-corrected chi connectivity index (χ2v) is 4.13. The van der Waals surface area contributed by atoms with Crippen LogP contribution < -0.4 is 5.32 Å². The Morgan fingerprint density at radius 1 is 1.41 bits per heavy atom. The van der Waals surface area contributed by atoms with E-state index in [0.29, 0.717) is 0 Å². The molecule has 5 nitrogen and oxygen atoms in total. The molecule has 0 saturated heterocycles. The van der Waals surface area contributed by atoms with Gasteiger partial charge in [-0.05, 0) is 20.4 Å². The van der Waals surface area contributed by atoms with Crippen molar-refractivity contribution in [2.24, 2.45) is 7.05 Å². The molecule has 2 aromatic rings. The predicted octanol–water partition coefficient (Wildman–Crippen LogP) is 1.80. The average Bonchev–Trinajstić information content (AvgIpc) is 2.83. The summed E-state index contributed by atoms with van der Waals surface area (Å²) in [5, 5.41) is 11.6. The highest BCUT2D eigenvalue weighted by molar-refractivity contribution is 5.63. The number of rotatable bonds is 4. The molecule has 0 unspecified atom stereocenters.